The number of thiophene rings is 2. The van der Waals surface area contributed by atoms with Crippen LogP contribution in [0.4, 0.5) is 0 Å². The highest BCUT2D eigenvalue weighted by Gasteiger charge is 2.10. The van der Waals surface area contributed by atoms with Crippen molar-refractivity contribution in [3.63, 3.8) is 0 Å². The molecule has 84 valence electrons. The predicted molar refractivity (Wildman–Crippen MR) is 68.9 cm³/mol. The Morgan fingerprint density at radius 1 is 1.44 bits per heavy atom. The lowest BCUT2D eigenvalue weighted by atomic mass is 10.2. The van der Waals surface area contributed by atoms with Crippen molar-refractivity contribution in [2.24, 2.45) is 0 Å². The molecule has 0 aliphatic carbocycles. The molecule has 1 N–H and O–H groups in total. The summed E-state index contributed by atoms with van der Waals surface area (Å²) in [5.74, 6) is 0.0827. The maximum atomic E-state index is 11.7. The Labute approximate surface area is 103 Å². The summed E-state index contributed by atoms with van der Waals surface area (Å²) in [5, 5.41) is 9.02. The van der Waals surface area contributed by atoms with E-state index in [1.54, 1.807) is 22.7 Å². The van der Waals surface area contributed by atoms with Crippen LogP contribution >= 0.6 is 22.7 Å². The summed E-state index contributed by atoms with van der Waals surface area (Å²) in [6.45, 7) is 2.01. The van der Waals surface area contributed by atoms with Crippen molar-refractivity contribution >= 4 is 28.6 Å². The maximum Gasteiger partial charge on any atom is 0.224 e. The van der Waals surface area contributed by atoms with E-state index in [2.05, 4.69) is 5.32 Å². The molecular weight excluding hydrogens is 238 g/mol. The Balaban J connectivity index is 1.88. The van der Waals surface area contributed by atoms with Gasteiger partial charge in [-0.1, -0.05) is 6.07 Å². The highest BCUT2D eigenvalue weighted by atomic mass is 32.1. The quantitative estimate of drug-likeness (QED) is 0.888. The second-order valence-electron chi connectivity index (χ2n) is 3.61. The second-order valence-corrected chi connectivity index (χ2v) is 5.37. The van der Waals surface area contributed by atoms with Crippen molar-refractivity contribution in [3.05, 3.63) is 44.8 Å². The molecule has 1 amide bonds. The van der Waals surface area contributed by atoms with E-state index in [1.807, 2.05) is 41.3 Å². The number of nitrogens with one attached hydrogen (secondary N) is 1. The van der Waals surface area contributed by atoms with Gasteiger partial charge < -0.3 is 5.32 Å². The van der Waals surface area contributed by atoms with Crippen molar-refractivity contribution in [2.75, 3.05) is 0 Å². The van der Waals surface area contributed by atoms with Gasteiger partial charge in [-0.3, -0.25) is 4.79 Å². The minimum Gasteiger partial charge on any atom is -0.348 e. The third kappa shape index (κ3) is 2.93. The summed E-state index contributed by atoms with van der Waals surface area (Å²) >= 11 is 3.29. The first-order valence-electron chi connectivity index (χ1n) is 5.09. The molecule has 2 nitrogen and oxygen atoms in total. The molecule has 0 saturated carbocycles. The number of carbonyl (C=O) groups excluding carboxylic acids is 1. The smallest absolute Gasteiger partial charge is 0.224 e. The zero-order valence-electron chi connectivity index (χ0n) is 8.97. The second kappa shape index (κ2) is 5.27. The average molecular weight is 251 g/mol. The molecule has 0 aromatic carbocycles. The first-order valence-corrected chi connectivity index (χ1v) is 6.92. The molecule has 2 aromatic rings. The van der Waals surface area contributed by atoms with Crippen molar-refractivity contribution in [2.45, 2.75) is 19.4 Å². The lowest BCUT2D eigenvalue weighted by Crippen LogP contribution is -2.27. The zero-order chi connectivity index (χ0) is 11.4. The van der Waals surface area contributed by atoms with E-state index in [0.29, 0.717) is 6.42 Å². The van der Waals surface area contributed by atoms with Gasteiger partial charge in [-0.2, -0.15) is 11.3 Å². The van der Waals surface area contributed by atoms with Gasteiger partial charge in [0.2, 0.25) is 5.91 Å². The van der Waals surface area contributed by atoms with E-state index in [1.165, 1.54) is 4.88 Å². The highest BCUT2D eigenvalue weighted by molar-refractivity contribution is 7.10. The Morgan fingerprint density at radius 2 is 2.31 bits per heavy atom. The molecule has 2 rings (SSSR count). The van der Waals surface area contributed by atoms with Gasteiger partial charge >= 0.3 is 0 Å². The Morgan fingerprint density at radius 3 is 2.94 bits per heavy atom. The molecule has 0 radical (unpaired) electrons. The SMILES string of the molecule is C[C@@H](NC(=O)Cc1ccsc1)c1cccs1. The van der Waals surface area contributed by atoms with Crippen molar-refractivity contribution in [3.8, 4) is 0 Å². The van der Waals surface area contributed by atoms with E-state index < -0.39 is 0 Å². The summed E-state index contributed by atoms with van der Waals surface area (Å²) in [6.07, 6.45) is 0.471. The van der Waals surface area contributed by atoms with Crippen LogP contribution in [0.5, 0.6) is 0 Å². The average Bonchev–Trinajstić information content (AvgIpc) is 2.88. The van der Waals surface area contributed by atoms with Crippen LogP contribution in [-0.4, -0.2) is 5.91 Å². The van der Waals surface area contributed by atoms with E-state index in [-0.39, 0.29) is 11.9 Å². The van der Waals surface area contributed by atoms with E-state index >= 15 is 0 Å². The minimum atomic E-state index is 0.0827. The molecule has 1 atom stereocenters. The largest absolute Gasteiger partial charge is 0.348 e. The van der Waals surface area contributed by atoms with Gasteiger partial charge in [0.1, 0.15) is 0 Å². The molecule has 0 aliphatic heterocycles. The number of hydrogen-bond acceptors (Lipinski definition) is 3. The van der Waals surface area contributed by atoms with E-state index in [0.717, 1.165) is 5.56 Å². The molecule has 4 heteroatoms. The van der Waals surface area contributed by atoms with Gasteiger partial charge in [-0.05, 0) is 40.8 Å². The molecule has 2 aromatic heterocycles. The monoisotopic (exact) mass is 251 g/mol. The third-order valence-corrected chi connectivity index (χ3v) is 4.08. The van der Waals surface area contributed by atoms with Gasteiger partial charge in [0, 0.05) is 4.88 Å². The van der Waals surface area contributed by atoms with Crippen molar-refractivity contribution in [1.29, 1.82) is 0 Å². The zero-order valence-corrected chi connectivity index (χ0v) is 10.6. The van der Waals surface area contributed by atoms with Crippen LogP contribution in [0.15, 0.2) is 34.3 Å². The molecule has 0 aliphatic rings. The molecule has 0 saturated heterocycles. The Kier molecular flexibility index (Phi) is 3.74. The normalized spacial score (nSPS) is 12.3. The summed E-state index contributed by atoms with van der Waals surface area (Å²) in [6, 6.07) is 6.13. The summed E-state index contributed by atoms with van der Waals surface area (Å²) in [4.78, 5) is 12.9. The minimum absolute atomic E-state index is 0.0827. The molecule has 0 unspecified atom stereocenters. The van der Waals surface area contributed by atoms with Crippen LogP contribution in [0.2, 0.25) is 0 Å². The van der Waals surface area contributed by atoms with Crippen LogP contribution < -0.4 is 5.32 Å². The Hall–Kier alpha value is -1.13. The van der Waals surface area contributed by atoms with Gasteiger partial charge in [-0.25, -0.2) is 0 Å². The lowest BCUT2D eigenvalue weighted by molar-refractivity contribution is -0.121. The van der Waals surface area contributed by atoms with Gasteiger partial charge in [-0.15, -0.1) is 11.3 Å². The summed E-state index contributed by atoms with van der Waals surface area (Å²) in [5.41, 5.74) is 1.08. The number of amides is 1. The maximum absolute atomic E-state index is 11.7. The lowest BCUT2D eigenvalue weighted by Gasteiger charge is -2.11. The molecule has 0 bridgehead atoms. The van der Waals surface area contributed by atoms with Crippen LogP contribution in [0.3, 0.4) is 0 Å². The fourth-order valence-corrected chi connectivity index (χ4v) is 2.88. The standard InChI is InChI=1S/C12H13NOS2/c1-9(11-3-2-5-16-11)13-12(14)7-10-4-6-15-8-10/h2-6,8-9H,7H2,1H3,(H,13,14)/t9-/m1/s1. The van der Waals surface area contributed by atoms with E-state index in [4.69, 9.17) is 0 Å². The van der Waals surface area contributed by atoms with Crippen LogP contribution in [0.25, 0.3) is 0 Å². The predicted octanol–water partition coefficient (Wildman–Crippen LogP) is 3.23. The molecule has 2 heterocycles. The highest BCUT2D eigenvalue weighted by Crippen LogP contribution is 2.18. The number of rotatable bonds is 4. The summed E-state index contributed by atoms with van der Waals surface area (Å²) < 4.78 is 0. The topological polar surface area (TPSA) is 29.1 Å². The molecule has 16 heavy (non-hydrogen) atoms. The van der Waals surface area contributed by atoms with Gasteiger partial charge in [0.05, 0.1) is 12.5 Å². The van der Waals surface area contributed by atoms with Crippen molar-refractivity contribution in [1.82, 2.24) is 5.32 Å². The molecule has 0 spiro atoms. The Bertz CT molecular complexity index is 434. The fraction of sp³-hybridized carbons (Fsp3) is 0.250. The molecule has 0 fully saturated rings. The first-order chi connectivity index (χ1) is 7.75. The van der Waals surface area contributed by atoms with Gasteiger partial charge in [0.25, 0.3) is 0 Å². The van der Waals surface area contributed by atoms with E-state index in [9.17, 15) is 4.79 Å². The number of carbonyl (C=O) groups is 1. The fourth-order valence-electron chi connectivity index (χ4n) is 1.48. The number of hydrogen-bond donors (Lipinski definition) is 1. The van der Waals surface area contributed by atoms with Crippen LogP contribution in [-0.2, 0) is 11.2 Å². The first kappa shape index (κ1) is 11.4. The van der Waals surface area contributed by atoms with Crippen LogP contribution in [0, 0.1) is 0 Å². The molecular formula is C12H13NOS2. The van der Waals surface area contributed by atoms with Crippen molar-refractivity contribution < 1.29 is 4.79 Å². The summed E-state index contributed by atoms with van der Waals surface area (Å²) in [7, 11) is 0. The van der Waals surface area contributed by atoms with Crippen LogP contribution in [0.1, 0.15) is 23.4 Å². The van der Waals surface area contributed by atoms with Gasteiger partial charge in [0.15, 0.2) is 0 Å². The third-order valence-electron chi connectivity index (χ3n) is 2.29.